The van der Waals surface area contributed by atoms with Crippen molar-refractivity contribution in [2.24, 2.45) is 0 Å². The number of carbonyl (C=O) groups excluding carboxylic acids is 1. The zero-order valence-electron chi connectivity index (χ0n) is 17.8. The van der Waals surface area contributed by atoms with Crippen molar-refractivity contribution in [1.29, 1.82) is 0 Å². The molecule has 0 saturated carbocycles. The Morgan fingerprint density at radius 2 is 2.13 bits per heavy atom. The van der Waals surface area contributed by atoms with E-state index in [-0.39, 0.29) is 18.2 Å². The summed E-state index contributed by atoms with van der Waals surface area (Å²) in [6.45, 7) is 8.76. The van der Waals surface area contributed by atoms with Gasteiger partial charge >= 0.3 is 0 Å². The fraction of sp³-hybridized carbons (Fsp3) is 0.273. The minimum absolute atomic E-state index is 0.181. The summed E-state index contributed by atoms with van der Waals surface area (Å²) in [7, 11) is 0. The molecule has 0 fully saturated rings. The molecule has 3 aromatic heterocycles. The second kappa shape index (κ2) is 8.73. The van der Waals surface area contributed by atoms with E-state index in [0.29, 0.717) is 16.5 Å². The standard InChI is InChI=1S/C22H23N5O3S/c1-5-27-14(3)17(10-23-27)19-12-31-22(24-19)25-21(28)20-18(15(4)30-26-20)11-29-16-8-6-7-13(2)9-16/h6-10,12H,5,11H2,1-4H3,(H,24,25,28). The third kappa shape index (κ3) is 4.36. The third-order valence-corrected chi connectivity index (χ3v) is 5.73. The Morgan fingerprint density at radius 3 is 2.87 bits per heavy atom. The van der Waals surface area contributed by atoms with Crippen LogP contribution in [0.25, 0.3) is 11.3 Å². The van der Waals surface area contributed by atoms with Crippen molar-refractivity contribution in [1.82, 2.24) is 19.9 Å². The third-order valence-electron chi connectivity index (χ3n) is 4.98. The van der Waals surface area contributed by atoms with Gasteiger partial charge in [-0.15, -0.1) is 11.3 Å². The van der Waals surface area contributed by atoms with Crippen LogP contribution < -0.4 is 10.1 Å². The number of thiazole rings is 1. The molecule has 0 aliphatic heterocycles. The molecule has 0 bridgehead atoms. The fourth-order valence-corrected chi connectivity index (χ4v) is 3.93. The Morgan fingerprint density at radius 1 is 1.29 bits per heavy atom. The molecule has 4 aromatic rings. The van der Waals surface area contributed by atoms with Gasteiger partial charge in [0, 0.05) is 23.2 Å². The van der Waals surface area contributed by atoms with E-state index < -0.39 is 0 Å². The average molecular weight is 438 g/mol. The highest BCUT2D eigenvalue weighted by molar-refractivity contribution is 7.14. The summed E-state index contributed by atoms with van der Waals surface area (Å²) in [6.07, 6.45) is 1.79. The first-order valence-electron chi connectivity index (χ1n) is 9.90. The Kier molecular flexibility index (Phi) is 5.85. The first-order chi connectivity index (χ1) is 15.0. The first-order valence-corrected chi connectivity index (χ1v) is 10.8. The highest BCUT2D eigenvalue weighted by Gasteiger charge is 2.22. The summed E-state index contributed by atoms with van der Waals surface area (Å²) in [6, 6.07) is 7.72. The molecule has 1 amide bonds. The minimum atomic E-state index is -0.387. The summed E-state index contributed by atoms with van der Waals surface area (Å²) >= 11 is 1.35. The number of hydrogen-bond acceptors (Lipinski definition) is 7. The van der Waals surface area contributed by atoms with Gasteiger partial charge in [-0.05, 0) is 45.4 Å². The van der Waals surface area contributed by atoms with E-state index >= 15 is 0 Å². The number of anilines is 1. The van der Waals surface area contributed by atoms with Gasteiger partial charge in [0.1, 0.15) is 18.1 Å². The maximum absolute atomic E-state index is 12.8. The van der Waals surface area contributed by atoms with Crippen LogP contribution in [0.15, 0.2) is 40.4 Å². The number of rotatable bonds is 7. The average Bonchev–Trinajstić information content (AvgIpc) is 3.45. The van der Waals surface area contributed by atoms with Gasteiger partial charge in [0.15, 0.2) is 10.8 Å². The number of nitrogens with one attached hydrogen (secondary N) is 1. The van der Waals surface area contributed by atoms with Gasteiger partial charge in [-0.2, -0.15) is 5.10 Å². The number of aromatic nitrogens is 4. The number of nitrogens with zero attached hydrogens (tertiary/aromatic N) is 4. The predicted molar refractivity (Wildman–Crippen MR) is 118 cm³/mol. The van der Waals surface area contributed by atoms with Crippen LogP contribution >= 0.6 is 11.3 Å². The largest absolute Gasteiger partial charge is 0.489 e. The summed E-state index contributed by atoms with van der Waals surface area (Å²) in [5.41, 5.74) is 4.65. The summed E-state index contributed by atoms with van der Waals surface area (Å²) < 4.78 is 13.0. The molecule has 0 spiro atoms. The Labute approximate surface area is 183 Å². The van der Waals surface area contributed by atoms with Gasteiger partial charge in [-0.25, -0.2) is 4.98 Å². The molecule has 160 valence electrons. The molecular weight excluding hydrogens is 414 g/mol. The molecule has 1 aromatic carbocycles. The topological polar surface area (TPSA) is 95.1 Å². The van der Waals surface area contributed by atoms with Crippen LogP contribution in [0, 0.1) is 20.8 Å². The summed E-state index contributed by atoms with van der Waals surface area (Å²) in [5, 5.41) is 13.5. The molecule has 0 saturated heterocycles. The number of carbonyl (C=O) groups is 1. The smallest absolute Gasteiger partial charge is 0.280 e. The summed E-state index contributed by atoms with van der Waals surface area (Å²) in [4.78, 5) is 17.4. The molecule has 0 atom stereocenters. The van der Waals surface area contributed by atoms with E-state index in [1.807, 2.05) is 55.1 Å². The van der Waals surface area contributed by atoms with Crippen LogP contribution in [0.5, 0.6) is 5.75 Å². The van der Waals surface area contributed by atoms with Crippen molar-refractivity contribution in [3.8, 4) is 17.0 Å². The lowest BCUT2D eigenvalue weighted by atomic mass is 10.2. The zero-order valence-corrected chi connectivity index (χ0v) is 18.6. The Bertz CT molecular complexity index is 1220. The van der Waals surface area contributed by atoms with Gasteiger partial charge in [0.05, 0.1) is 17.5 Å². The van der Waals surface area contributed by atoms with Crippen molar-refractivity contribution in [2.75, 3.05) is 5.32 Å². The maximum Gasteiger partial charge on any atom is 0.280 e. The molecule has 31 heavy (non-hydrogen) atoms. The van der Waals surface area contributed by atoms with Crippen LogP contribution in [0.4, 0.5) is 5.13 Å². The van der Waals surface area contributed by atoms with Gasteiger partial charge < -0.3 is 9.26 Å². The van der Waals surface area contributed by atoms with E-state index in [1.54, 1.807) is 13.1 Å². The zero-order chi connectivity index (χ0) is 22.0. The SMILES string of the molecule is CCn1ncc(-c2csc(NC(=O)c3noc(C)c3COc3cccc(C)c3)n2)c1C. The van der Waals surface area contributed by atoms with Crippen molar-refractivity contribution in [3.63, 3.8) is 0 Å². The lowest BCUT2D eigenvalue weighted by Gasteiger charge is -2.07. The lowest BCUT2D eigenvalue weighted by molar-refractivity contribution is 0.101. The second-order valence-corrected chi connectivity index (χ2v) is 7.98. The van der Waals surface area contributed by atoms with Crippen LogP contribution in [0.1, 0.15) is 40.0 Å². The van der Waals surface area contributed by atoms with Gasteiger partial charge in [0.2, 0.25) is 0 Å². The van der Waals surface area contributed by atoms with Crippen LogP contribution in [0.3, 0.4) is 0 Å². The lowest BCUT2D eigenvalue weighted by Crippen LogP contribution is -2.15. The quantitative estimate of drug-likeness (QED) is 0.447. The molecule has 8 nitrogen and oxygen atoms in total. The molecular formula is C22H23N5O3S. The molecule has 0 aliphatic carbocycles. The number of aryl methyl sites for hydroxylation is 3. The Hall–Kier alpha value is -3.46. The van der Waals surface area contributed by atoms with Crippen molar-refractivity contribution < 1.29 is 14.1 Å². The minimum Gasteiger partial charge on any atom is -0.489 e. The van der Waals surface area contributed by atoms with E-state index in [0.717, 1.165) is 34.8 Å². The monoisotopic (exact) mass is 437 g/mol. The highest BCUT2D eigenvalue weighted by atomic mass is 32.1. The molecule has 9 heteroatoms. The number of ether oxygens (including phenoxy) is 1. The molecule has 0 aliphatic rings. The van der Waals surface area contributed by atoms with E-state index in [2.05, 4.69) is 20.6 Å². The molecule has 1 N–H and O–H groups in total. The maximum atomic E-state index is 12.8. The van der Waals surface area contributed by atoms with Gasteiger partial charge in [0.25, 0.3) is 5.91 Å². The molecule has 0 unspecified atom stereocenters. The number of amides is 1. The second-order valence-electron chi connectivity index (χ2n) is 7.12. The van der Waals surface area contributed by atoms with Crippen LogP contribution in [-0.4, -0.2) is 25.8 Å². The summed E-state index contributed by atoms with van der Waals surface area (Å²) in [5.74, 6) is 0.876. The van der Waals surface area contributed by atoms with Crippen molar-refractivity contribution >= 4 is 22.4 Å². The number of benzene rings is 1. The molecule has 0 radical (unpaired) electrons. The van der Waals surface area contributed by atoms with Crippen LogP contribution in [-0.2, 0) is 13.2 Å². The number of hydrogen-bond donors (Lipinski definition) is 1. The van der Waals surface area contributed by atoms with Crippen molar-refractivity contribution in [2.45, 2.75) is 40.8 Å². The van der Waals surface area contributed by atoms with Gasteiger partial charge in [-0.3, -0.25) is 14.8 Å². The van der Waals surface area contributed by atoms with E-state index in [9.17, 15) is 4.79 Å². The highest BCUT2D eigenvalue weighted by Crippen LogP contribution is 2.28. The van der Waals surface area contributed by atoms with E-state index in [1.165, 1.54) is 11.3 Å². The predicted octanol–water partition coefficient (Wildman–Crippen LogP) is 4.77. The molecule has 3 heterocycles. The first kappa shape index (κ1) is 20.8. The van der Waals surface area contributed by atoms with E-state index in [4.69, 9.17) is 9.26 Å². The molecule has 4 rings (SSSR count). The normalized spacial score (nSPS) is 11.0. The van der Waals surface area contributed by atoms with Crippen molar-refractivity contribution in [3.05, 3.63) is 64.1 Å². The van der Waals surface area contributed by atoms with Gasteiger partial charge in [-0.1, -0.05) is 17.3 Å². The Balaban J connectivity index is 1.48. The fourth-order valence-electron chi connectivity index (χ4n) is 3.23. The van der Waals surface area contributed by atoms with Crippen LogP contribution in [0.2, 0.25) is 0 Å².